The van der Waals surface area contributed by atoms with Crippen LogP contribution in [-0.2, 0) is 16.1 Å². The molecule has 110 valence electrons. The van der Waals surface area contributed by atoms with Crippen molar-refractivity contribution in [2.24, 2.45) is 17.8 Å². The standard InChI is InChI=1S/C14H18ClNO3S/c1-2-8-5-10(11(6-8)14(18)19)13(17)16-7-9-3-4-12(15)20-9/h3-4,8,10-11H,2,5-7H2,1H3,(H,16,17)(H,18,19)/t8?,10-,11+/m0/s1. The third kappa shape index (κ3) is 3.52. The van der Waals surface area contributed by atoms with E-state index in [9.17, 15) is 14.7 Å². The van der Waals surface area contributed by atoms with E-state index in [1.807, 2.05) is 13.0 Å². The van der Waals surface area contributed by atoms with Crippen molar-refractivity contribution in [3.8, 4) is 0 Å². The minimum atomic E-state index is -0.861. The zero-order chi connectivity index (χ0) is 14.7. The van der Waals surface area contributed by atoms with Gasteiger partial charge in [0.05, 0.1) is 22.7 Å². The summed E-state index contributed by atoms with van der Waals surface area (Å²) >= 11 is 7.25. The Hall–Kier alpha value is -1.07. The van der Waals surface area contributed by atoms with E-state index in [1.54, 1.807) is 6.07 Å². The van der Waals surface area contributed by atoms with Gasteiger partial charge in [0, 0.05) is 4.88 Å². The molecule has 0 radical (unpaired) electrons. The minimum Gasteiger partial charge on any atom is -0.481 e. The van der Waals surface area contributed by atoms with Crippen LogP contribution in [0.5, 0.6) is 0 Å². The van der Waals surface area contributed by atoms with Crippen LogP contribution in [0.4, 0.5) is 0 Å². The molecule has 0 aromatic carbocycles. The first-order chi connectivity index (χ1) is 9.51. The summed E-state index contributed by atoms with van der Waals surface area (Å²) < 4.78 is 0.685. The summed E-state index contributed by atoms with van der Waals surface area (Å²) in [6, 6.07) is 3.65. The smallest absolute Gasteiger partial charge is 0.307 e. The number of carboxylic acids is 1. The molecule has 20 heavy (non-hydrogen) atoms. The second-order valence-electron chi connectivity index (χ2n) is 5.22. The van der Waals surface area contributed by atoms with E-state index < -0.39 is 17.8 Å². The second kappa shape index (κ2) is 6.59. The summed E-state index contributed by atoms with van der Waals surface area (Å²) in [6.45, 7) is 2.45. The molecule has 1 unspecified atom stereocenters. The number of amides is 1. The molecule has 1 aromatic heterocycles. The highest BCUT2D eigenvalue weighted by Gasteiger charge is 2.41. The van der Waals surface area contributed by atoms with Crippen molar-refractivity contribution in [3.05, 3.63) is 21.3 Å². The van der Waals surface area contributed by atoms with Gasteiger partial charge in [0.15, 0.2) is 0 Å². The molecule has 0 saturated heterocycles. The minimum absolute atomic E-state index is 0.155. The Morgan fingerprint density at radius 2 is 2.10 bits per heavy atom. The molecule has 1 amide bonds. The molecule has 2 N–H and O–H groups in total. The van der Waals surface area contributed by atoms with Crippen LogP contribution in [0, 0.1) is 17.8 Å². The zero-order valence-corrected chi connectivity index (χ0v) is 12.8. The lowest BCUT2D eigenvalue weighted by Gasteiger charge is -2.15. The molecule has 3 atom stereocenters. The van der Waals surface area contributed by atoms with Crippen molar-refractivity contribution in [2.75, 3.05) is 0 Å². The number of nitrogens with one attached hydrogen (secondary N) is 1. The molecule has 1 heterocycles. The zero-order valence-electron chi connectivity index (χ0n) is 11.3. The normalized spacial score (nSPS) is 25.6. The van der Waals surface area contributed by atoms with Gasteiger partial charge in [-0.15, -0.1) is 11.3 Å². The molecule has 1 aliphatic rings. The predicted octanol–water partition coefficient (Wildman–Crippen LogP) is 3.15. The van der Waals surface area contributed by atoms with Gasteiger partial charge in [-0.25, -0.2) is 0 Å². The highest BCUT2D eigenvalue weighted by atomic mass is 35.5. The van der Waals surface area contributed by atoms with Crippen LogP contribution in [0.25, 0.3) is 0 Å². The quantitative estimate of drug-likeness (QED) is 0.877. The number of rotatable bonds is 5. The monoisotopic (exact) mass is 315 g/mol. The summed E-state index contributed by atoms with van der Waals surface area (Å²) in [7, 11) is 0. The molecule has 2 rings (SSSR count). The van der Waals surface area contributed by atoms with E-state index in [1.165, 1.54) is 11.3 Å². The topological polar surface area (TPSA) is 66.4 Å². The molecular weight excluding hydrogens is 298 g/mol. The predicted molar refractivity (Wildman–Crippen MR) is 78.8 cm³/mol. The van der Waals surface area contributed by atoms with E-state index in [2.05, 4.69) is 5.32 Å². The fourth-order valence-corrected chi connectivity index (χ4v) is 3.82. The first-order valence-electron chi connectivity index (χ1n) is 6.76. The Kier molecular flexibility index (Phi) is 5.05. The van der Waals surface area contributed by atoms with Gasteiger partial charge in [-0.2, -0.15) is 0 Å². The van der Waals surface area contributed by atoms with E-state index in [-0.39, 0.29) is 5.91 Å². The van der Waals surface area contributed by atoms with E-state index in [0.717, 1.165) is 11.3 Å². The third-order valence-corrected chi connectivity index (χ3v) is 5.19. The number of hydrogen-bond donors (Lipinski definition) is 2. The summed E-state index contributed by atoms with van der Waals surface area (Å²) in [6.07, 6.45) is 2.20. The summed E-state index contributed by atoms with van der Waals surface area (Å²) in [4.78, 5) is 24.4. The number of carbonyl (C=O) groups is 2. The van der Waals surface area contributed by atoms with Crippen LogP contribution in [-0.4, -0.2) is 17.0 Å². The number of thiophene rings is 1. The van der Waals surface area contributed by atoms with Gasteiger partial charge < -0.3 is 10.4 Å². The maximum absolute atomic E-state index is 12.2. The molecule has 0 aliphatic heterocycles. The van der Waals surface area contributed by atoms with Gasteiger partial charge in [0.25, 0.3) is 0 Å². The molecule has 6 heteroatoms. The molecule has 1 saturated carbocycles. The number of hydrogen-bond acceptors (Lipinski definition) is 3. The van der Waals surface area contributed by atoms with Crippen molar-refractivity contribution in [3.63, 3.8) is 0 Å². The van der Waals surface area contributed by atoms with E-state index in [4.69, 9.17) is 11.6 Å². The average molecular weight is 316 g/mol. The fraction of sp³-hybridized carbons (Fsp3) is 0.571. The van der Waals surface area contributed by atoms with Crippen LogP contribution in [0.2, 0.25) is 4.34 Å². The lowest BCUT2D eigenvalue weighted by Crippen LogP contribution is -2.34. The Morgan fingerprint density at radius 3 is 2.65 bits per heavy atom. The Bertz CT molecular complexity index is 502. The highest BCUT2D eigenvalue weighted by Crippen LogP contribution is 2.38. The van der Waals surface area contributed by atoms with Crippen molar-refractivity contribution in [1.82, 2.24) is 5.32 Å². The summed E-state index contributed by atoms with van der Waals surface area (Å²) in [5, 5.41) is 12.1. The number of carboxylic acid groups (broad SMARTS) is 1. The van der Waals surface area contributed by atoms with Crippen LogP contribution < -0.4 is 5.32 Å². The lowest BCUT2D eigenvalue weighted by atomic mass is 9.95. The van der Waals surface area contributed by atoms with E-state index in [0.29, 0.717) is 29.6 Å². The average Bonchev–Trinajstić information content (AvgIpc) is 3.02. The maximum Gasteiger partial charge on any atom is 0.307 e. The van der Waals surface area contributed by atoms with Crippen LogP contribution >= 0.6 is 22.9 Å². The summed E-state index contributed by atoms with van der Waals surface area (Å²) in [5.74, 6) is -1.64. The van der Waals surface area contributed by atoms with Gasteiger partial charge in [-0.1, -0.05) is 24.9 Å². The molecular formula is C14H18ClNO3S. The molecule has 0 spiro atoms. The number of aliphatic carboxylic acids is 1. The fourth-order valence-electron chi connectivity index (χ4n) is 2.79. The van der Waals surface area contributed by atoms with Gasteiger partial charge in [-0.05, 0) is 30.9 Å². The van der Waals surface area contributed by atoms with Crippen LogP contribution in [0.3, 0.4) is 0 Å². The Labute approximate surface area is 127 Å². The maximum atomic E-state index is 12.2. The number of carbonyl (C=O) groups excluding carboxylic acids is 1. The Balaban J connectivity index is 1.95. The largest absolute Gasteiger partial charge is 0.481 e. The SMILES string of the molecule is CCC1C[C@H](C(=O)NCc2ccc(Cl)s2)[C@H](C(=O)O)C1. The summed E-state index contributed by atoms with van der Waals surface area (Å²) in [5.41, 5.74) is 0. The van der Waals surface area contributed by atoms with Crippen LogP contribution in [0.15, 0.2) is 12.1 Å². The molecule has 1 fully saturated rings. The van der Waals surface area contributed by atoms with Gasteiger partial charge in [0.1, 0.15) is 0 Å². The molecule has 1 aromatic rings. The van der Waals surface area contributed by atoms with Gasteiger partial charge >= 0.3 is 5.97 Å². The highest BCUT2D eigenvalue weighted by molar-refractivity contribution is 7.16. The first kappa shape index (κ1) is 15.3. The Morgan fingerprint density at radius 1 is 1.40 bits per heavy atom. The first-order valence-corrected chi connectivity index (χ1v) is 7.95. The molecule has 0 bridgehead atoms. The second-order valence-corrected chi connectivity index (χ2v) is 7.02. The van der Waals surface area contributed by atoms with Crippen molar-refractivity contribution in [1.29, 1.82) is 0 Å². The van der Waals surface area contributed by atoms with Crippen molar-refractivity contribution < 1.29 is 14.7 Å². The van der Waals surface area contributed by atoms with Gasteiger partial charge in [-0.3, -0.25) is 9.59 Å². The van der Waals surface area contributed by atoms with E-state index >= 15 is 0 Å². The lowest BCUT2D eigenvalue weighted by molar-refractivity contribution is -0.146. The molecule has 1 aliphatic carbocycles. The van der Waals surface area contributed by atoms with Crippen LogP contribution in [0.1, 0.15) is 31.1 Å². The third-order valence-electron chi connectivity index (χ3n) is 3.96. The van der Waals surface area contributed by atoms with Crippen molar-refractivity contribution >= 4 is 34.8 Å². The number of halogens is 1. The van der Waals surface area contributed by atoms with Crippen molar-refractivity contribution in [2.45, 2.75) is 32.7 Å². The van der Waals surface area contributed by atoms with Gasteiger partial charge in [0.2, 0.25) is 5.91 Å². The molecule has 4 nitrogen and oxygen atoms in total.